The summed E-state index contributed by atoms with van der Waals surface area (Å²) in [5, 5.41) is 1.43. The van der Waals surface area contributed by atoms with Crippen LogP contribution in [0.2, 0.25) is 5.02 Å². The number of rotatable bonds is 7. The van der Waals surface area contributed by atoms with Crippen LogP contribution >= 0.6 is 11.6 Å². The molecule has 0 fully saturated rings. The van der Waals surface area contributed by atoms with Gasteiger partial charge in [0.1, 0.15) is 5.75 Å². The number of primary amides is 1. The molecular formula is C19H17ClN2O3. The highest BCUT2D eigenvalue weighted by atomic mass is 35.5. The van der Waals surface area contributed by atoms with Crippen molar-refractivity contribution in [2.75, 3.05) is 6.61 Å². The first kappa shape index (κ1) is 17.0. The number of H-pyrrole nitrogens is 1. The van der Waals surface area contributed by atoms with Gasteiger partial charge in [-0.3, -0.25) is 9.59 Å². The lowest BCUT2D eigenvalue weighted by molar-refractivity contribution is -0.118. The topological polar surface area (TPSA) is 85.2 Å². The third-order valence-corrected chi connectivity index (χ3v) is 4.24. The highest BCUT2D eigenvalue weighted by Crippen LogP contribution is 2.33. The number of halogens is 1. The minimum absolute atomic E-state index is 0.309. The van der Waals surface area contributed by atoms with Gasteiger partial charge in [-0.15, -0.1) is 0 Å². The smallest absolute Gasteiger partial charge is 0.217 e. The van der Waals surface area contributed by atoms with Crippen molar-refractivity contribution in [3.8, 4) is 16.9 Å². The second kappa shape index (κ2) is 7.40. The zero-order chi connectivity index (χ0) is 17.8. The van der Waals surface area contributed by atoms with E-state index in [0.29, 0.717) is 35.8 Å². The van der Waals surface area contributed by atoms with Crippen LogP contribution in [0.3, 0.4) is 0 Å². The van der Waals surface area contributed by atoms with E-state index in [1.807, 2.05) is 36.4 Å². The van der Waals surface area contributed by atoms with E-state index >= 15 is 0 Å². The molecular weight excluding hydrogens is 340 g/mol. The van der Waals surface area contributed by atoms with Gasteiger partial charge < -0.3 is 15.5 Å². The summed E-state index contributed by atoms with van der Waals surface area (Å²) in [6.45, 7) is 0.432. The second-order valence-corrected chi connectivity index (χ2v) is 6.09. The molecule has 3 N–H and O–H groups in total. The van der Waals surface area contributed by atoms with E-state index in [0.717, 1.165) is 28.3 Å². The third kappa shape index (κ3) is 3.83. The molecule has 1 heterocycles. The van der Waals surface area contributed by atoms with Gasteiger partial charge >= 0.3 is 0 Å². The monoisotopic (exact) mass is 356 g/mol. The summed E-state index contributed by atoms with van der Waals surface area (Å²) in [6, 6.07) is 11.2. The van der Waals surface area contributed by atoms with Crippen molar-refractivity contribution in [3.05, 3.63) is 53.2 Å². The van der Waals surface area contributed by atoms with Crippen LogP contribution in [0.1, 0.15) is 23.2 Å². The molecule has 0 spiro atoms. The van der Waals surface area contributed by atoms with Crippen LogP contribution in [-0.2, 0) is 4.79 Å². The molecule has 0 aliphatic heterocycles. The average molecular weight is 357 g/mol. The fraction of sp³-hybridized carbons (Fsp3) is 0.158. The van der Waals surface area contributed by atoms with E-state index in [-0.39, 0.29) is 5.91 Å². The van der Waals surface area contributed by atoms with Crippen LogP contribution in [0, 0.1) is 0 Å². The Bertz CT molecular complexity index is 916. The second-order valence-electron chi connectivity index (χ2n) is 5.68. The summed E-state index contributed by atoms with van der Waals surface area (Å²) in [7, 11) is 0. The summed E-state index contributed by atoms with van der Waals surface area (Å²) < 4.78 is 5.58. The number of amides is 1. The summed E-state index contributed by atoms with van der Waals surface area (Å²) >= 11 is 6.38. The molecule has 0 aliphatic carbocycles. The molecule has 5 nitrogen and oxygen atoms in total. The first-order chi connectivity index (χ1) is 12.1. The van der Waals surface area contributed by atoms with Crippen molar-refractivity contribution in [1.82, 2.24) is 4.98 Å². The number of nitrogens with one attached hydrogen (secondary N) is 1. The van der Waals surface area contributed by atoms with Crippen LogP contribution in [0.5, 0.6) is 5.75 Å². The van der Waals surface area contributed by atoms with Gasteiger partial charge in [-0.25, -0.2) is 0 Å². The maximum Gasteiger partial charge on any atom is 0.217 e. The standard InChI is InChI=1S/C19H17ClN2O3/c20-17-9-18-16(13(11-23)10-22-18)8-15(17)12-3-5-14(6-4-12)25-7-1-2-19(21)24/h3-6,8-11,22H,1-2,7H2,(H2,21,24). The molecule has 3 rings (SSSR count). The molecule has 0 saturated carbocycles. The number of ether oxygens (including phenoxy) is 1. The Morgan fingerprint density at radius 1 is 1.24 bits per heavy atom. The van der Waals surface area contributed by atoms with E-state index in [2.05, 4.69) is 4.98 Å². The molecule has 128 valence electrons. The van der Waals surface area contributed by atoms with Gasteiger partial charge in [0.2, 0.25) is 5.91 Å². The van der Waals surface area contributed by atoms with Crippen LogP contribution in [-0.4, -0.2) is 23.8 Å². The largest absolute Gasteiger partial charge is 0.494 e. The fourth-order valence-electron chi connectivity index (χ4n) is 2.65. The van der Waals surface area contributed by atoms with Gasteiger partial charge in [0.15, 0.2) is 6.29 Å². The first-order valence-corrected chi connectivity index (χ1v) is 8.23. The SMILES string of the molecule is NC(=O)CCCOc1ccc(-c2cc3c(C=O)c[nH]c3cc2Cl)cc1. The molecule has 25 heavy (non-hydrogen) atoms. The predicted molar refractivity (Wildman–Crippen MR) is 98.1 cm³/mol. The maximum absolute atomic E-state index is 11.1. The quantitative estimate of drug-likeness (QED) is 0.496. The number of hydrogen-bond donors (Lipinski definition) is 2. The Labute approximate surface area is 149 Å². The number of nitrogens with two attached hydrogens (primary N) is 1. The van der Waals surface area contributed by atoms with E-state index in [1.165, 1.54) is 0 Å². The molecule has 1 aromatic heterocycles. The first-order valence-electron chi connectivity index (χ1n) is 7.86. The molecule has 0 aliphatic rings. The van der Waals surface area contributed by atoms with Crippen molar-refractivity contribution in [1.29, 1.82) is 0 Å². The molecule has 0 saturated heterocycles. The number of hydrogen-bond acceptors (Lipinski definition) is 3. The van der Waals surface area contributed by atoms with Crippen molar-refractivity contribution in [2.45, 2.75) is 12.8 Å². The fourth-order valence-corrected chi connectivity index (χ4v) is 2.92. The van der Waals surface area contributed by atoms with Gasteiger partial charge in [-0.1, -0.05) is 23.7 Å². The third-order valence-electron chi connectivity index (χ3n) is 3.93. The summed E-state index contributed by atoms with van der Waals surface area (Å²) in [5.74, 6) is 0.379. The van der Waals surface area contributed by atoms with Crippen LogP contribution in [0.25, 0.3) is 22.0 Å². The van der Waals surface area contributed by atoms with E-state index in [4.69, 9.17) is 22.1 Å². The number of aldehydes is 1. The lowest BCUT2D eigenvalue weighted by Gasteiger charge is -2.09. The molecule has 0 bridgehead atoms. The lowest BCUT2D eigenvalue weighted by atomic mass is 10.0. The number of carbonyl (C=O) groups excluding carboxylic acids is 2. The molecule has 0 radical (unpaired) electrons. The normalized spacial score (nSPS) is 10.8. The lowest BCUT2D eigenvalue weighted by Crippen LogP contribution is -2.11. The predicted octanol–water partition coefficient (Wildman–Crippen LogP) is 3.95. The van der Waals surface area contributed by atoms with E-state index in [9.17, 15) is 9.59 Å². The molecule has 3 aromatic rings. The zero-order valence-corrected chi connectivity index (χ0v) is 14.2. The van der Waals surface area contributed by atoms with E-state index < -0.39 is 0 Å². The van der Waals surface area contributed by atoms with Crippen LogP contribution in [0.4, 0.5) is 0 Å². The summed E-state index contributed by atoms with van der Waals surface area (Å²) in [6.07, 6.45) is 3.38. The number of aromatic amines is 1. The van der Waals surface area contributed by atoms with Crippen molar-refractivity contribution in [2.24, 2.45) is 5.73 Å². The number of benzene rings is 2. The Morgan fingerprint density at radius 2 is 2.00 bits per heavy atom. The molecule has 1 amide bonds. The highest BCUT2D eigenvalue weighted by molar-refractivity contribution is 6.34. The summed E-state index contributed by atoms with van der Waals surface area (Å²) in [4.78, 5) is 24.9. The zero-order valence-electron chi connectivity index (χ0n) is 13.4. The van der Waals surface area contributed by atoms with Crippen LogP contribution in [0.15, 0.2) is 42.6 Å². The molecule has 0 atom stereocenters. The van der Waals surface area contributed by atoms with Gasteiger partial charge in [0.05, 0.1) is 11.6 Å². The van der Waals surface area contributed by atoms with Crippen molar-refractivity contribution < 1.29 is 14.3 Å². The minimum Gasteiger partial charge on any atom is -0.494 e. The van der Waals surface area contributed by atoms with Gasteiger partial charge in [0.25, 0.3) is 0 Å². The number of fused-ring (bicyclic) bond motifs is 1. The summed E-state index contributed by atoms with van der Waals surface area (Å²) in [5.41, 5.74) is 8.29. The molecule has 0 unspecified atom stereocenters. The minimum atomic E-state index is -0.330. The van der Waals surface area contributed by atoms with Gasteiger partial charge in [0, 0.05) is 34.6 Å². The molecule has 2 aromatic carbocycles. The maximum atomic E-state index is 11.1. The van der Waals surface area contributed by atoms with E-state index in [1.54, 1.807) is 6.20 Å². The Morgan fingerprint density at radius 3 is 2.68 bits per heavy atom. The van der Waals surface area contributed by atoms with Crippen molar-refractivity contribution in [3.63, 3.8) is 0 Å². The molecule has 6 heteroatoms. The Hall–Kier alpha value is -2.79. The Kier molecular flexibility index (Phi) is 5.05. The van der Waals surface area contributed by atoms with Crippen molar-refractivity contribution >= 4 is 34.7 Å². The van der Waals surface area contributed by atoms with Gasteiger partial charge in [-0.2, -0.15) is 0 Å². The number of carbonyl (C=O) groups is 2. The van der Waals surface area contributed by atoms with Gasteiger partial charge in [-0.05, 0) is 36.2 Å². The number of aromatic nitrogens is 1. The highest BCUT2D eigenvalue weighted by Gasteiger charge is 2.10. The average Bonchev–Trinajstić information content (AvgIpc) is 3.00. The Balaban J connectivity index is 1.79. The van der Waals surface area contributed by atoms with Crippen LogP contribution < -0.4 is 10.5 Å².